The number of carbonyl (C=O) groups is 3. The Labute approximate surface area is 243 Å². The lowest BCUT2D eigenvalue weighted by Gasteiger charge is -2.34. The minimum atomic E-state index is -0.566. The molecule has 11 heteroatoms. The fraction of sp³-hybridized carbons (Fsp3) is 0.500. The zero-order valence-electron chi connectivity index (χ0n) is 21.9. The number of hydrogen-bond donors (Lipinski definition) is 0. The van der Waals surface area contributed by atoms with Crippen LogP contribution in [0.5, 0.6) is 5.75 Å². The van der Waals surface area contributed by atoms with Crippen molar-refractivity contribution in [1.29, 1.82) is 0 Å². The molecule has 1 unspecified atom stereocenters. The monoisotopic (exact) mass is 592 g/mol. The standard InChI is InChI=1S/C28H31Cl3N4O4/c1-28(9-10-28)26(37)34-11-7-17(8-12-34)25(36)35-15-20(18-3-5-21(29)22(30)13-18)23(16-35)33(2)27(38)39-19-4-6-24(31)32-14-19/h3-6,13-14,17,20,23H,7-12,15-16H2,1-2H3/t20-,23?/m1/s1. The molecular formula is C28H31Cl3N4O4. The SMILES string of the molecule is CN(C(=O)Oc1ccc(Cl)nc1)C1CN(C(=O)C2CCN(C(=O)C3(C)CC3)CC2)C[C@@H]1c1ccc(Cl)c(Cl)c1. The lowest BCUT2D eigenvalue weighted by Crippen LogP contribution is -2.46. The van der Waals surface area contributed by atoms with E-state index in [1.54, 1.807) is 31.3 Å². The fourth-order valence-corrected chi connectivity index (χ4v) is 5.95. The van der Waals surface area contributed by atoms with Crippen molar-refractivity contribution in [2.75, 3.05) is 33.2 Å². The molecule has 1 saturated carbocycles. The van der Waals surface area contributed by atoms with Crippen molar-refractivity contribution in [3.8, 4) is 5.75 Å². The Morgan fingerprint density at radius 3 is 2.33 bits per heavy atom. The summed E-state index contributed by atoms with van der Waals surface area (Å²) in [6.07, 6.45) is 3.99. The number of piperidine rings is 1. The first-order chi connectivity index (χ1) is 18.6. The van der Waals surface area contributed by atoms with Gasteiger partial charge in [0.1, 0.15) is 5.15 Å². The third kappa shape index (κ3) is 5.98. The van der Waals surface area contributed by atoms with E-state index < -0.39 is 6.09 Å². The molecule has 2 aromatic rings. The van der Waals surface area contributed by atoms with Gasteiger partial charge in [0.05, 0.1) is 22.3 Å². The molecule has 2 saturated heterocycles. The van der Waals surface area contributed by atoms with E-state index in [2.05, 4.69) is 4.98 Å². The molecule has 3 aliphatic rings. The van der Waals surface area contributed by atoms with Crippen LogP contribution in [0.4, 0.5) is 4.79 Å². The quantitative estimate of drug-likeness (QED) is 0.427. The Bertz CT molecular complexity index is 1260. The number of amides is 3. The number of pyridine rings is 1. The molecular weight excluding hydrogens is 563 g/mol. The molecule has 2 aliphatic heterocycles. The first kappa shape index (κ1) is 28.0. The van der Waals surface area contributed by atoms with Gasteiger partial charge in [-0.3, -0.25) is 9.59 Å². The van der Waals surface area contributed by atoms with Gasteiger partial charge in [0, 0.05) is 50.5 Å². The molecule has 3 amide bonds. The number of aromatic nitrogens is 1. The first-order valence-corrected chi connectivity index (χ1v) is 14.3. The number of rotatable bonds is 5. The van der Waals surface area contributed by atoms with Crippen molar-refractivity contribution in [3.63, 3.8) is 0 Å². The molecule has 39 heavy (non-hydrogen) atoms. The van der Waals surface area contributed by atoms with Crippen molar-refractivity contribution in [2.24, 2.45) is 11.3 Å². The van der Waals surface area contributed by atoms with E-state index in [-0.39, 0.29) is 40.9 Å². The number of ether oxygens (including phenoxy) is 1. The lowest BCUT2D eigenvalue weighted by molar-refractivity contribution is -0.142. The van der Waals surface area contributed by atoms with Gasteiger partial charge in [-0.05, 0) is 55.5 Å². The fourth-order valence-electron chi connectivity index (χ4n) is 5.53. The summed E-state index contributed by atoms with van der Waals surface area (Å²) < 4.78 is 5.53. The van der Waals surface area contributed by atoms with Gasteiger partial charge in [-0.25, -0.2) is 9.78 Å². The minimum absolute atomic E-state index is 0.0518. The number of benzene rings is 1. The van der Waals surface area contributed by atoms with Crippen LogP contribution in [0.2, 0.25) is 15.2 Å². The average Bonchev–Trinajstić information content (AvgIpc) is 3.53. The summed E-state index contributed by atoms with van der Waals surface area (Å²) in [4.78, 5) is 48.7. The molecule has 5 rings (SSSR count). The van der Waals surface area contributed by atoms with Crippen molar-refractivity contribution < 1.29 is 19.1 Å². The molecule has 3 fully saturated rings. The van der Waals surface area contributed by atoms with Crippen LogP contribution in [0.1, 0.15) is 44.1 Å². The second kappa shape index (κ2) is 11.1. The number of likely N-dealkylation sites (tertiary alicyclic amines) is 2. The first-order valence-electron chi connectivity index (χ1n) is 13.1. The smallest absolute Gasteiger partial charge is 0.409 e. The Morgan fingerprint density at radius 2 is 1.72 bits per heavy atom. The summed E-state index contributed by atoms with van der Waals surface area (Å²) in [6, 6.07) is 8.16. The summed E-state index contributed by atoms with van der Waals surface area (Å²) in [5, 5.41) is 1.15. The molecule has 1 aromatic carbocycles. The highest BCUT2D eigenvalue weighted by atomic mass is 35.5. The Hall–Kier alpha value is -2.55. The second-order valence-electron chi connectivity index (χ2n) is 11.0. The summed E-state index contributed by atoms with van der Waals surface area (Å²) in [6.45, 7) is 3.99. The summed E-state index contributed by atoms with van der Waals surface area (Å²) in [5.41, 5.74) is 0.684. The van der Waals surface area contributed by atoms with Gasteiger partial charge >= 0.3 is 6.09 Å². The average molecular weight is 594 g/mol. The van der Waals surface area contributed by atoms with Gasteiger partial charge in [-0.15, -0.1) is 0 Å². The zero-order chi connectivity index (χ0) is 27.9. The van der Waals surface area contributed by atoms with E-state index in [0.29, 0.717) is 54.2 Å². The number of carbonyl (C=O) groups excluding carboxylic acids is 3. The summed E-state index contributed by atoms with van der Waals surface area (Å²) in [5.74, 6) is 0.184. The van der Waals surface area contributed by atoms with E-state index in [4.69, 9.17) is 39.5 Å². The second-order valence-corrected chi connectivity index (χ2v) is 12.2. The van der Waals surface area contributed by atoms with Crippen molar-refractivity contribution in [2.45, 2.75) is 44.6 Å². The molecule has 8 nitrogen and oxygen atoms in total. The third-order valence-electron chi connectivity index (χ3n) is 8.31. The third-order valence-corrected chi connectivity index (χ3v) is 9.27. The molecule has 0 bridgehead atoms. The number of nitrogens with zero attached hydrogens (tertiary/aromatic N) is 4. The predicted molar refractivity (Wildman–Crippen MR) is 149 cm³/mol. The van der Waals surface area contributed by atoms with Crippen LogP contribution in [0.15, 0.2) is 36.5 Å². The molecule has 3 heterocycles. The minimum Gasteiger partial charge on any atom is -0.409 e. The van der Waals surface area contributed by atoms with Gasteiger partial charge < -0.3 is 19.4 Å². The number of hydrogen-bond acceptors (Lipinski definition) is 5. The molecule has 0 spiro atoms. The van der Waals surface area contributed by atoms with Gasteiger partial charge in [0.25, 0.3) is 0 Å². The number of halogens is 3. The van der Waals surface area contributed by atoms with Crippen LogP contribution < -0.4 is 4.74 Å². The van der Waals surface area contributed by atoms with E-state index >= 15 is 0 Å². The zero-order valence-corrected chi connectivity index (χ0v) is 24.2. The van der Waals surface area contributed by atoms with Gasteiger partial charge in [0.15, 0.2) is 5.75 Å². The normalized spacial score (nSPS) is 22.5. The van der Waals surface area contributed by atoms with E-state index in [9.17, 15) is 14.4 Å². The van der Waals surface area contributed by atoms with Crippen LogP contribution in [-0.2, 0) is 9.59 Å². The maximum atomic E-state index is 13.7. The topological polar surface area (TPSA) is 83.1 Å². The van der Waals surface area contributed by atoms with Gasteiger partial charge in [0.2, 0.25) is 11.8 Å². The van der Waals surface area contributed by atoms with Crippen LogP contribution in [0.3, 0.4) is 0 Å². The highest BCUT2D eigenvalue weighted by molar-refractivity contribution is 6.42. The van der Waals surface area contributed by atoms with E-state index in [1.807, 2.05) is 22.8 Å². The van der Waals surface area contributed by atoms with Crippen molar-refractivity contribution in [3.05, 3.63) is 57.3 Å². The Kier molecular flexibility index (Phi) is 8.00. The van der Waals surface area contributed by atoms with Crippen LogP contribution in [-0.4, -0.2) is 76.9 Å². The van der Waals surface area contributed by atoms with Crippen molar-refractivity contribution >= 4 is 52.7 Å². The molecule has 0 radical (unpaired) electrons. The lowest BCUT2D eigenvalue weighted by atomic mass is 9.93. The van der Waals surface area contributed by atoms with Gasteiger partial charge in [-0.1, -0.05) is 47.8 Å². The number of likely N-dealkylation sites (N-methyl/N-ethyl adjacent to an activating group) is 1. The summed E-state index contributed by atoms with van der Waals surface area (Å²) in [7, 11) is 1.66. The van der Waals surface area contributed by atoms with Gasteiger partial charge in [-0.2, -0.15) is 0 Å². The maximum Gasteiger partial charge on any atom is 0.415 e. The molecule has 1 aliphatic carbocycles. The van der Waals surface area contributed by atoms with Crippen molar-refractivity contribution in [1.82, 2.24) is 19.7 Å². The molecule has 0 N–H and O–H groups in total. The Morgan fingerprint density at radius 1 is 1.00 bits per heavy atom. The van der Waals surface area contributed by atoms with Crippen LogP contribution in [0, 0.1) is 11.3 Å². The predicted octanol–water partition coefficient (Wildman–Crippen LogP) is 5.51. The maximum absolute atomic E-state index is 13.7. The Balaban J connectivity index is 1.30. The molecule has 208 valence electrons. The largest absolute Gasteiger partial charge is 0.415 e. The summed E-state index contributed by atoms with van der Waals surface area (Å²) >= 11 is 18.3. The van der Waals surface area contributed by atoms with Crippen LogP contribution >= 0.6 is 34.8 Å². The molecule has 2 atom stereocenters. The van der Waals surface area contributed by atoms with E-state index in [0.717, 1.165) is 18.4 Å². The van der Waals surface area contributed by atoms with Crippen LogP contribution in [0.25, 0.3) is 0 Å². The van der Waals surface area contributed by atoms with E-state index in [1.165, 1.54) is 11.1 Å². The highest BCUT2D eigenvalue weighted by Crippen LogP contribution is 2.47. The molecule has 1 aromatic heterocycles. The highest BCUT2D eigenvalue weighted by Gasteiger charge is 2.48.